The van der Waals surface area contributed by atoms with Gasteiger partial charge in [-0.2, -0.15) is 0 Å². The summed E-state index contributed by atoms with van der Waals surface area (Å²) in [5.41, 5.74) is 11.3. The molecule has 2 radical (unpaired) electrons. The van der Waals surface area contributed by atoms with E-state index in [4.69, 9.17) is 9.97 Å². The van der Waals surface area contributed by atoms with Crippen LogP contribution in [0.5, 0.6) is 0 Å². The van der Waals surface area contributed by atoms with Crippen molar-refractivity contribution >= 4 is 33.4 Å². The predicted octanol–water partition coefficient (Wildman–Crippen LogP) is 17.6. The number of fused-ring (bicyclic) bond motifs is 2. The number of nitrogens with zero attached hydrogens (tertiary/aromatic N) is 4. The molecule has 0 saturated carbocycles. The first-order valence-electron chi connectivity index (χ1n) is 27.6. The summed E-state index contributed by atoms with van der Waals surface area (Å²) < 4.78 is 0. The average molecular weight is 1390 g/mol. The SMILES string of the molecule is CCC(CC)C(=O)C=C(O)C(CC)CC.CCC(CC)C(=O)C=C(O)C(CC)CC.Cc1[c-]c(-c2ncc3c(CC(C)C)cccc3n2)cc(C)c1.Cc1[c-]c(-c2ncc3ccc(CC(C)C)cc3n2)cc(C)c1.[Ir].[Ir]. The quantitative estimate of drug-likeness (QED) is 0.0440. The molecule has 4 aromatic carbocycles. The van der Waals surface area contributed by atoms with Crippen LogP contribution < -0.4 is 0 Å². The maximum absolute atomic E-state index is 11.7. The molecule has 0 saturated heterocycles. The molecule has 2 heterocycles. The van der Waals surface area contributed by atoms with E-state index in [1.807, 2.05) is 67.8 Å². The van der Waals surface area contributed by atoms with Gasteiger partial charge in [0.15, 0.2) is 11.6 Å². The number of hydrogen-bond donors (Lipinski definition) is 2. The molecule has 0 aliphatic heterocycles. The number of rotatable bonds is 20. The zero-order valence-electron chi connectivity index (χ0n) is 48.8. The summed E-state index contributed by atoms with van der Waals surface area (Å²) in [5, 5.41) is 21.8. The van der Waals surface area contributed by atoms with Crippen molar-refractivity contribution in [3.63, 3.8) is 0 Å². The molecular formula is C66H90Ir2N4O4-2. The Labute approximate surface area is 485 Å². The van der Waals surface area contributed by atoms with Crippen LogP contribution in [0.15, 0.2) is 96.7 Å². The Hall–Kier alpha value is -4.72. The van der Waals surface area contributed by atoms with Gasteiger partial charge in [-0.3, -0.25) is 29.5 Å². The Bertz CT molecular complexity index is 2620. The second kappa shape index (κ2) is 35.6. The number of hydrogen-bond acceptors (Lipinski definition) is 8. The van der Waals surface area contributed by atoms with Gasteiger partial charge in [-0.15, -0.1) is 69.8 Å². The van der Waals surface area contributed by atoms with E-state index < -0.39 is 0 Å². The molecular weight excluding hydrogens is 1300 g/mol. The number of aromatic nitrogens is 4. The molecule has 10 heteroatoms. The van der Waals surface area contributed by atoms with Crippen molar-refractivity contribution in [3.05, 3.63) is 142 Å². The molecule has 0 aliphatic carbocycles. The average Bonchev–Trinajstić information content (AvgIpc) is 3.35. The molecule has 0 amide bonds. The number of ketones is 2. The van der Waals surface area contributed by atoms with Crippen LogP contribution in [0.2, 0.25) is 0 Å². The minimum Gasteiger partial charge on any atom is -0.512 e. The number of carbonyl (C=O) groups excluding carboxylic acids is 2. The van der Waals surface area contributed by atoms with Crippen molar-refractivity contribution in [2.75, 3.05) is 0 Å². The van der Waals surface area contributed by atoms with Gasteiger partial charge < -0.3 is 10.2 Å². The summed E-state index contributed by atoms with van der Waals surface area (Å²) in [5.74, 6) is 3.86. The van der Waals surface area contributed by atoms with Gasteiger partial charge in [0.2, 0.25) is 0 Å². The van der Waals surface area contributed by atoms with E-state index in [9.17, 15) is 19.8 Å². The van der Waals surface area contributed by atoms with E-state index in [-0.39, 0.29) is 87.0 Å². The van der Waals surface area contributed by atoms with Gasteiger partial charge in [0.25, 0.3) is 0 Å². The summed E-state index contributed by atoms with van der Waals surface area (Å²) in [4.78, 5) is 42.0. The van der Waals surface area contributed by atoms with Gasteiger partial charge >= 0.3 is 0 Å². The van der Waals surface area contributed by atoms with Gasteiger partial charge in [0.1, 0.15) is 0 Å². The Morgan fingerprint density at radius 3 is 1.36 bits per heavy atom. The molecule has 8 nitrogen and oxygen atoms in total. The van der Waals surface area contributed by atoms with Crippen molar-refractivity contribution in [3.8, 4) is 22.8 Å². The Balaban J connectivity index is 0.000000512. The van der Waals surface area contributed by atoms with Crippen molar-refractivity contribution in [2.24, 2.45) is 35.5 Å². The van der Waals surface area contributed by atoms with Crippen LogP contribution in [-0.2, 0) is 62.6 Å². The monoisotopic (exact) mass is 1390 g/mol. The predicted molar refractivity (Wildman–Crippen MR) is 311 cm³/mol. The van der Waals surface area contributed by atoms with Gasteiger partial charge in [-0.1, -0.05) is 135 Å². The fourth-order valence-corrected chi connectivity index (χ4v) is 9.25. The molecule has 0 bridgehead atoms. The fourth-order valence-electron chi connectivity index (χ4n) is 9.25. The molecule has 6 rings (SSSR count). The summed E-state index contributed by atoms with van der Waals surface area (Å²) >= 11 is 0. The molecule has 0 spiro atoms. The summed E-state index contributed by atoms with van der Waals surface area (Å²) in [6.07, 6.45) is 15.8. The first-order valence-corrected chi connectivity index (χ1v) is 27.6. The van der Waals surface area contributed by atoms with Crippen LogP contribution in [0.3, 0.4) is 0 Å². The van der Waals surface area contributed by atoms with E-state index >= 15 is 0 Å². The molecule has 2 N–H and O–H groups in total. The molecule has 76 heavy (non-hydrogen) atoms. The van der Waals surface area contributed by atoms with Crippen LogP contribution in [0.4, 0.5) is 0 Å². The third-order valence-electron chi connectivity index (χ3n) is 13.6. The largest absolute Gasteiger partial charge is 0.512 e. The zero-order valence-corrected chi connectivity index (χ0v) is 53.6. The first-order chi connectivity index (χ1) is 35.2. The fraction of sp³-hybridized carbons (Fsp3) is 0.485. The molecule has 2 aromatic heterocycles. The van der Waals surface area contributed by atoms with Gasteiger partial charge in [-0.25, -0.2) is 0 Å². The van der Waals surface area contributed by atoms with Gasteiger partial charge in [-0.05, 0) is 99.3 Å². The molecule has 0 atom stereocenters. The van der Waals surface area contributed by atoms with Crippen molar-refractivity contribution in [1.82, 2.24) is 19.9 Å². The summed E-state index contributed by atoms with van der Waals surface area (Å²) in [6.45, 7) is 33.4. The number of aryl methyl sites for hydroxylation is 4. The second-order valence-corrected chi connectivity index (χ2v) is 20.8. The smallest absolute Gasteiger partial charge is 0.162 e. The Morgan fingerprint density at radius 2 is 0.947 bits per heavy atom. The van der Waals surface area contributed by atoms with E-state index in [0.717, 1.165) is 120 Å². The number of aliphatic hydroxyl groups is 2. The van der Waals surface area contributed by atoms with Gasteiger partial charge in [0, 0.05) is 99.2 Å². The zero-order chi connectivity index (χ0) is 55.1. The Kier molecular flexibility index (Phi) is 32.5. The second-order valence-electron chi connectivity index (χ2n) is 20.8. The van der Waals surface area contributed by atoms with Crippen molar-refractivity contribution in [2.45, 2.75) is 175 Å². The standard InChI is InChI=1S/2C20H21N2.2C13H24O2.2Ir/c1-13(2)7-16-5-6-17-12-21-20(22-19(17)11-16)18-9-14(3)8-15(4)10-18;1-13(2)8-16-6-5-7-19-18(16)12-21-20(22-19)17-10-14(3)9-15(4)11-17;2*1-5-10(6-2)12(14)9-13(15)11(7-3)8-4;;/h5-6,8-9,11-13H,7H2,1-4H3;5-7,9-10,12-13H,8H2,1-4H3;2*9-11,14H,5-8H2,1-4H3;;/q2*-1;;;;. The maximum atomic E-state index is 11.7. The van der Waals surface area contributed by atoms with Crippen LogP contribution in [0, 0.1) is 75.3 Å². The van der Waals surface area contributed by atoms with E-state index in [0.29, 0.717) is 11.8 Å². The van der Waals surface area contributed by atoms with E-state index in [2.05, 4.69) is 138 Å². The van der Waals surface area contributed by atoms with Crippen molar-refractivity contribution < 1.29 is 60.0 Å². The molecule has 0 aliphatic rings. The van der Waals surface area contributed by atoms with Crippen LogP contribution in [0.1, 0.15) is 168 Å². The first kappa shape index (κ1) is 69.3. The molecule has 0 fully saturated rings. The topological polar surface area (TPSA) is 126 Å². The maximum Gasteiger partial charge on any atom is 0.162 e. The minimum atomic E-state index is 0. The number of aliphatic hydroxyl groups excluding tert-OH is 2. The number of carbonyl (C=O) groups is 2. The van der Waals surface area contributed by atoms with Crippen LogP contribution in [-0.4, -0.2) is 41.7 Å². The third kappa shape index (κ3) is 22.3. The third-order valence-corrected chi connectivity index (χ3v) is 13.6. The van der Waals surface area contributed by atoms with Gasteiger partial charge in [0.05, 0.1) is 34.2 Å². The van der Waals surface area contributed by atoms with E-state index in [1.54, 1.807) is 0 Å². The van der Waals surface area contributed by atoms with E-state index in [1.165, 1.54) is 34.4 Å². The summed E-state index contributed by atoms with van der Waals surface area (Å²) in [6, 6.07) is 27.9. The normalized spacial score (nSPS) is 11.5. The van der Waals surface area contributed by atoms with Crippen LogP contribution in [0.25, 0.3) is 44.6 Å². The molecule has 6 aromatic rings. The number of allylic oxidation sites excluding steroid dienone is 4. The minimum absolute atomic E-state index is 0. The number of benzene rings is 4. The Morgan fingerprint density at radius 1 is 0.526 bits per heavy atom. The summed E-state index contributed by atoms with van der Waals surface area (Å²) in [7, 11) is 0. The van der Waals surface area contributed by atoms with Crippen molar-refractivity contribution in [1.29, 1.82) is 0 Å². The molecule has 418 valence electrons. The molecule has 0 unspecified atom stereocenters. The van der Waals surface area contributed by atoms with Crippen LogP contribution >= 0.6 is 0 Å².